The standard InChI is InChI=1S/C18H20N4O4S2/c1-13-18(14(2)22(20-13)16-7-5-4-6-8-16)28(25,26)21-15-9-11-17(12-10-15)27(23,24)19-3/h4-12,19,21H,1-3H3. The summed E-state index contributed by atoms with van der Waals surface area (Å²) in [5.74, 6) is 0. The lowest BCUT2D eigenvalue weighted by atomic mass is 10.3. The number of anilines is 1. The Morgan fingerprint density at radius 1 is 0.857 bits per heavy atom. The quantitative estimate of drug-likeness (QED) is 0.635. The Balaban J connectivity index is 1.95. The maximum absolute atomic E-state index is 12.9. The highest BCUT2D eigenvalue weighted by molar-refractivity contribution is 7.92. The van der Waals surface area contributed by atoms with Gasteiger partial charge in [-0.2, -0.15) is 5.10 Å². The van der Waals surface area contributed by atoms with Crippen LogP contribution in [0.5, 0.6) is 0 Å². The predicted molar refractivity (Wildman–Crippen MR) is 107 cm³/mol. The molecule has 0 aliphatic carbocycles. The summed E-state index contributed by atoms with van der Waals surface area (Å²) in [7, 11) is -6.20. The van der Waals surface area contributed by atoms with Gasteiger partial charge in [0.25, 0.3) is 10.0 Å². The smallest absolute Gasteiger partial charge is 0.265 e. The molecule has 148 valence electrons. The highest BCUT2D eigenvalue weighted by atomic mass is 32.2. The zero-order valence-corrected chi connectivity index (χ0v) is 17.2. The molecule has 0 fully saturated rings. The van der Waals surface area contributed by atoms with E-state index in [2.05, 4.69) is 14.5 Å². The van der Waals surface area contributed by atoms with E-state index in [9.17, 15) is 16.8 Å². The van der Waals surface area contributed by atoms with E-state index in [1.54, 1.807) is 18.5 Å². The lowest BCUT2D eigenvalue weighted by Gasteiger charge is -2.10. The number of nitrogens with one attached hydrogen (secondary N) is 2. The van der Waals surface area contributed by atoms with Crippen molar-refractivity contribution in [1.29, 1.82) is 0 Å². The summed E-state index contributed by atoms with van der Waals surface area (Å²) >= 11 is 0. The van der Waals surface area contributed by atoms with Gasteiger partial charge in [0.2, 0.25) is 10.0 Å². The summed E-state index contributed by atoms with van der Waals surface area (Å²) in [6.07, 6.45) is 0. The summed E-state index contributed by atoms with van der Waals surface area (Å²) < 4.78 is 55.7. The predicted octanol–water partition coefficient (Wildman–Crippen LogP) is 2.20. The average molecular weight is 421 g/mol. The van der Waals surface area contributed by atoms with Crippen LogP contribution >= 0.6 is 0 Å². The van der Waals surface area contributed by atoms with Crippen LogP contribution in [0.2, 0.25) is 0 Å². The molecule has 1 aromatic heterocycles. The molecular formula is C18H20N4O4S2. The van der Waals surface area contributed by atoms with Gasteiger partial charge in [-0.25, -0.2) is 26.2 Å². The van der Waals surface area contributed by atoms with Crippen molar-refractivity contribution in [1.82, 2.24) is 14.5 Å². The molecule has 0 unspecified atom stereocenters. The van der Waals surface area contributed by atoms with Gasteiger partial charge in [0, 0.05) is 5.69 Å². The molecule has 0 spiro atoms. The van der Waals surface area contributed by atoms with Gasteiger partial charge in [0.1, 0.15) is 4.90 Å². The molecule has 2 N–H and O–H groups in total. The summed E-state index contributed by atoms with van der Waals surface area (Å²) in [5.41, 5.74) is 1.85. The first-order valence-corrected chi connectivity index (χ1v) is 11.3. The first-order chi connectivity index (χ1) is 13.2. The Kier molecular flexibility index (Phi) is 5.28. The molecule has 0 saturated carbocycles. The number of nitrogens with zero attached hydrogens (tertiary/aromatic N) is 2. The largest absolute Gasteiger partial charge is 0.280 e. The van der Waals surface area contributed by atoms with Crippen molar-refractivity contribution in [3.05, 3.63) is 66.0 Å². The van der Waals surface area contributed by atoms with Crippen molar-refractivity contribution in [2.45, 2.75) is 23.6 Å². The topological polar surface area (TPSA) is 110 Å². The van der Waals surface area contributed by atoms with Crippen molar-refractivity contribution in [2.75, 3.05) is 11.8 Å². The number of hydrogen-bond donors (Lipinski definition) is 2. The molecule has 3 aromatic rings. The van der Waals surface area contributed by atoms with Crippen LogP contribution in [-0.4, -0.2) is 33.7 Å². The Bertz CT molecular complexity index is 1200. The molecule has 8 nitrogen and oxygen atoms in total. The van der Waals surface area contributed by atoms with E-state index in [1.807, 2.05) is 30.3 Å². The zero-order valence-electron chi connectivity index (χ0n) is 15.5. The maximum Gasteiger partial charge on any atom is 0.265 e. The lowest BCUT2D eigenvalue weighted by Crippen LogP contribution is -2.19. The van der Waals surface area contributed by atoms with Gasteiger partial charge in [-0.3, -0.25) is 4.72 Å². The Hall–Kier alpha value is -2.69. The van der Waals surface area contributed by atoms with E-state index < -0.39 is 20.0 Å². The second-order valence-corrected chi connectivity index (χ2v) is 9.59. The molecule has 0 aliphatic heterocycles. The normalized spacial score (nSPS) is 12.1. The van der Waals surface area contributed by atoms with Crippen LogP contribution in [-0.2, 0) is 20.0 Å². The molecule has 1 heterocycles. The van der Waals surface area contributed by atoms with E-state index in [4.69, 9.17) is 0 Å². The SMILES string of the molecule is CNS(=O)(=O)c1ccc(NS(=O)(=O)c2c(C)nn(-c3ccccc3)c2C)cc1. The summed E-state index contributed by atoms with van der Waals surface area (Å²) in [4.78, 5) is 0.130. The van der Waals surface area contributed by atoms with Crippen LogP contribution in [0.25, 0.3) is 5.69 Å². The van der Waals surface area contributed by atoms with E-state index in [0.717, 1.165) is 5.69 Å². The van der Waals surface area contributed by atoms with Crippen molar-refractivity contribution < 1.29 is 16.8 Å². The van der Waals surface area contributed by atoms with Gasteiger partial charge >= 0.3 is 0 Å². The first-order valence-electron chi connectivity index (χ1n) is 8.34. The number of rotatable bonds is 6. The van der Waals surface area contributed by atoms with Gasteiger partial charge in [0.15, 0.2) is 0 Å². The lowest BCUT2D eigenvalue weighted by molar-refractivity contribution is 0.588. The molecule has 0 bridgehead atoms. The van der Waals surface area contributed by atoms with Gasteiger partial charge in [-0.15, -0.1) is 0 Å². The van der Waals surface area contributed by atoms with Crippen molar-refractivity contribution in [2.24, 2.45) is 0 Å². The van der Waals surface area contributed by atoms with Crippen molar-refractivity contribution in [3.8, 4) is 5.69 Å². The second kappa shape index (κ2) is 7.38. The number of aromatic nitrogens is 2. The maximum atomic E-state index is 12.9. The minimum absolute atomic E-state index is 0.0437. The molecule has 0 amide bonds. The summed E-state index contributed by atoms with van der Waals surface area (Å²) in [6.45, 7) is 3.31. The van der Waals surface area contributed by atoms with Gasteiger partial charge < -0.3 is 0 Å². The van der Waals surface area contributed by atoms with E-state index in [-0.39, 0.29) is 15.5 Å². The van der Waals surface area contributed by atoms with Crippen LogP contribution in [0.1, 0.15) is 11.4 Å². The van der Waals surface area contributed by atoms with Crippen LogP contribution in [0.15, 0.2) is 64.4 Å². The highest BCUT2D eigenvalue weighted by Gasteiger charge is 2.25. The van der Waals surface area contributed by atoms with Gasteiger partial charge in [0.05, 0.1) is 22.0 Å². The molecule has 3 rings (SSSR count). The Morgan fingerprint density at radius 2 is 1.46 bits per heavy atom. The molecule has 2 aromatic carbocycles. The van der Waals surface area contributed by atoms with Gasteiger partial charge in [-0.05, 0) is 57.3 Å². The molecule has 0 saturated heterocycles. The molecule has 0 aliphatic rings. The number of aryl methyl sites for hydroxylation is 1. The van der Waals surface area contributed by atoms with Crippen LogP contribution < -0.4 is 9.44 Å². The average Bonchev–Trinajstić information content (AvgIpc) is 2.97. The summed E-state index contributed by atoms with van der Waals surface area (Å²) in [6, 6.07) is 14.7. The van der Waals surface area contributed by atoms with Crippen molar-refractivity contribution in [3.63, 3.8) is 0 Å². The fraction of sp³-hybridized carbons (Fsp3) is 0.167. The second-order valence-electron chi connectivity index (χ2n) is 6.08. The molecular weight excluding hydrogens is 400 g/mol. The molecule has 0 radical (unpaired) electrons. The van der Waals surface area contributed by atoms with Crippen LogP contribution in [0.3, 0.4) is 0 Å². The van der Waals surface area contributed by atoms with E-state index in [0.29, 0.717) is 11.4 Å². The Labute approximate surface area is 164 Å². The molecule has 0 atom stereocenters. The summed E-state index contributed by atoms with van der Waals surface area (Å²) in [5, 5.41) is 4.36. The minimum Gasteiger partial charge on any atom is -0.280 e. The third kappa shape index (κ3) is 3.79. The minimum atomic E-state index is -3.91. The van der Waals surface area contributed by atoms with Crippen LogP contribution in [0.4, 0.5) is 5.69 Å². The fourth-order valence-electron chi connectivity index (χ4n) is 2.86. The Morgan fingerprint density at radius 3 is 2.04 bits per heavy atom. The zero-order chi connectivity index (χ0) is 20.5. The van der Waals surface area contributed by atoms with Gasteiger partial charge in [-0.1, -0.05) is 18.2 Å². The van der Waals surface area contributed by atoms with E-state index >= 15 is 0 Å². The fourth-order valence-corrected chi connectivity index (χ4v) is 5.05. The molecule has 10 heteroatoms. The number of sulfonamides is 2. The number of hydrogen-bond acceptors (Lipinski definition) is 5. The first kappa shape index (κ1) is 20.1. The van der Waals surface area contributed by atoms with E-state index in [1.165, 1.54) is 31.3 Å². The van der Waals surface area contributed by atoms with Crippen molar-refractivity contribution >= 4 is 25.7 Å². The third-order valence-corrected chi connectivity index (χ3v) is 7.24. The monoisotopic (exact) mass is 420 g/mol. The molecule has 28 heavy (non-hydrogen) atoms. The third-order valence-electron chi connectivity index (χ3n) is 4.18. The number of para-hydroxylation sites is 1. The highest BCUT2D eigenvalue weighted by Crippen LogP contribution is 2.25. The van der Waals surface area contributed by atoms with Crippen LogP contribution in [0, 0.1) is 13.8 Å². The number of benzene rings is 2.